The summed E-state index contributed by atoms with van der Waals surface area (Å²) in [4.78, 5) is 20.6. The Bertz CT molecular complexity index is 950. The molecule has 7 heteroatoms. The van der Waals surface area contributed by atoms with Gasteiger partial charge in [0, 0.05) is 18.3 Å². The number of nitrogens with zero attached hydrogens (tertiary/aromatic N) is 4. The molecule has 0 saturated heterocycles. The second-order valence-electron chi connectivity index (χ2n) is 5.62. The molecule has 4 rings (SSSR count). The van der Waals surface area contributed by atoms with Crippen LogP contribution in [0.1, 0.15) is 16.1 Å². The fourth-order valence-electron chi connectivity index (χ4n) is 2.73. The van der Waals surface area contributed by atoms with Gasteiger partial charge in [-0.15, -0.1) is 0 Å². The highest BCUT2D eigenvalue weighted by atomic mass is 19.1. The Morgan fingerprint density at radius 1 is 1.21 bits per heavy atom. The Balaban J connectivity index is 1.78. The zero-order chi connectivity index (χ0) is 16.7. The summed E-state index contributed by atoms with van der Waals surface area (Å²) in [6.07, 6.45) is 1.61. The first-order valence-electron chi connectivity index (χ1n) is 7.58. The summed E-state index contributed by atoms with van der Waals surface area (Å²) in [7, 11) is 0. The molecule has 0 unspecified atom stereocenters. The van der Waals surface area contributed by atoms with E-state index in [2.05, 4.69) is 20.4 Å². The number of benzene rings is 1. The lowest BCUT2D eigenvalue weighted by molar-refractivity contribution is 0.0924. The Kier molecular flexibility index (Phi) is 3.34. The van der Waals surface area contributed by atoms with Gasteiger partial charge in [-0.1, -0.05) is 6.07 Å². The number of hydrogen-bond acceptors (Lipinski definition) is 4. The first-order valence-corrected chi connectivity index (χ1v) is 7.58. The van der Waals surface area contributed by atoms with E-state index in [1.165, 1.54) is 12.1 Å². The van der Waals surface area contributed by atoms with Crippen LogP contribution in [0.15, 0.2) is 36.5 Å². The third-order valence-electron chi connectivity index (χ3n) is 3.98. The van der Waals surface area contributed by atoms with Crippen molar-refractivity contribution in [3.8, 4) is 22.8 Å². The summed E-state index contributed by atoms with van der Waals surface area (Å²) < 4.78 is 15.2. The molecule has 0 spiro atoms. The van der Waals surface area contributed by atoms with E-state index in [1.54, 1.807) is 29.1 Å². The maximum absolute atomic E-state index is 13.5. The number of aromatic nitrogens is 4. The van der Waals surface area contributed by atoms with Crippen molar-refractivity contribution >= 4 is 5.91 Å². The van der Waals surface area contributed by atoms with Gasteiger partial charge < -0.3 is 5.32 Å². The maximum atomic E-state index is 13.5. The van der Waals surface area contributed by atoms with Crippen LogP contribution >= 0.6 is 0 Å². The van der Waals surface area contributed by atoms with Gasteiger partial charge >= 0.3 is 0 Å². The molecule has 0 atom stereocenters. The van der Waals surface area contributed by atoms with Gasteiger partial charge in [0.15, 0.2) is 5.82 Å². The van der Waals surface area contributed by atoms with Crippen molar-refractivity contribution in [1.29, 1.82) is 0 Å². The van der Waals surface area contributed by atoms with Crippen LogP contribution in [0.5, 0.6) is 0 Å². The highest BCUT2D eigenvalue weighted by Gasteiger charge is 2.20. The SMILES string of the molecule is Cc1ccc(F)cc1-c1nccc(-c2cc3n(n2)CCNC3=O)n1. The average Bonchev–Trinajstić information content (AvgIpc) is 3.03. The summed E-state index contributed by atoms with van der Waals surface area (Å²) in [5.74, 6) is -0.0473. The minimum Gasteiger partial charge on any atom is -0.349 e. The fraction of sp³-hybridized carbons (Fsp3) is 0.176. The van der Waals surface area contributed by atoms with Gasteiger partial charge in [-0.2, -0.15) is 5.10 Å². The molecule has 1 N–H and O–H groups in total. The molecule has 0 aliphatic carbocycles. The molecular formula is C17H14FN5O. The van der Waals surface area contributed by atoms with Crippen LogP contribution < -0.4 is 5.32 Å². The highest BCUT2D eigenvalue weighted by Crippen LogP contribution is 2.24. The topological polar surface area (TPSA) is 72.7 Å². The highest BCUT2D eigenvalue weighted by molar-refractivity contribution is 5.94. The summed E-state index contributed by atoms with van der Waals surface area (Å²) in [5, 5.41) is 7.22. The molecule has 6 nitrogen and oxygen atoms in total. The molecule has 0 fully saturated rings. The van der Waals surface area contributed by atoms with Gasteiger partial charge in [-0.25, -0.2) is 14.4 Å². The number of nitrogens with one attached hydrogen (secondary N) is 1. The van der Waals surface area contributed by atoms with Crippen molar-refractivity contribution in [3.05, 3.63) is 53.6 Å². The van der Waals surface area contributed by atoms with Crippen LogP contribution in [0.25, 0.3) is 22.8 Å². The van der Waals surface area contributed by atoms with Gasteiger partial charge in [0.05, 0.1) is 12.2 Å². The van der Waals surface area contributed by atoms with Crippen molar-refractivity contribution in [1.82, 2.24) is 25.1 Å². The number of amides is 1. The third kappa shape index (κ3) is 2.44. The second-order valence-corrected chi connectivity index (χ2v) is 5.62. The molecule has 3 heterocycles. The van der Waals surface area contributed by atoms with Gasteiger partial charge in [-0.05, 0) is 36.8 Å². The van der Waals surface area contributed by atoms with Crippen LogP contribution in [0.4, 0.5) is 4.39 Å². The summed E-state index contributed by atoms with van der Waals surface area (Å²) >= 11 is 0. The first-order chi connectivity index (χ1) is 11.6. The number of carbonyl (C=O) groups excluding carboxylic acids is 1. The molecule has 1 aliphatic rings. The largest absolute Gasteiger partial charge is 0.349 e. The van der Waals surface area contributed by atoms with Crippen molar-refractivity contribution < 1.29 is 9.18 Å². The molecule has 0 saturated carbocycles. The molecule has 24 heavy (non-hydrogen) atoms. The van der Waals surface area contributed by atoms with E-state index in [0.29, 0.717) is 41.6 Å². The molecule has 0 bridgehead atoms. The van der Waals surface area contributed by atoms with Crippen LogP contribution in [-0.4, -0.2) is 32.2 Å². The molecule has 1 aromatic carbocycles. The Morgan fingerprint density at radius 2 is 2.08 bits per heavy atom. The zero-order valence-electron chi connectivity index (χ0n) is 13.0. The second kappa shape index (κ2) is 5.52. The van der Waals surface area contributed by atoms with Gasteiger partial charge in [0.2, 0.25) is 0 Å². The number of fused-ring (bicyclic) bond motifs is 1. The predicted molar refractivity (Wildman–Crippen MR) is 85.7 cm³/mol. The monoisotopic (exact) mass is 323 g/mol. The Morgan fingerprint density at radius 3 is 2.92 bits per heavy atom. The minimum atomic E-state index is -0.335. The van der Waals surface area contributed by atoms with Crippen molar-refractivity contribution in [2.45, 2.75) is 13.5 Å². The molecule has 2 aromatic heterocycles. The van der Waals surface area contributed by atoms with Crippen molar-refractivity contribution in [2.75, 3.05) is 6.54 Å². The van der Waals surface area contributed by atoms with Gasteiger partial charge in [0.25, 0.3) is 5.91 Å². The van der Waals surface area contributed by atoms with Gasteiger partial charge in [0.1, 0.15) is 17.2 Å². The summed E-state index contributed by atoms with van der Waals surface area (Å²) in [5.41, 5.74) is 3.23. The quantitative estimate of drug-likeness (QED) is 0.785. The van der Waals surface area contributed by atoms with E-state index >= 15 is 0 Å². The van der Waals surface area contributed by atoms with E-state index in [0.717, 1.165) is 5.56 Å². The van der Waals surface area contributed by atoms with E-state index in [9.17, 15) is 9.18 Å². The Labute approximate surface area is 137 Å². The number of rotatable bonds is 2. The van der Waals surface area contributed by atoms with Crippen LogP contribution in [-0.2, 0) is 6.54 Å². The lowest BCUT2D eigenvalue weighted by Crippen LogP contribution is -2.35. The van der Waals surface area contributed by atoms with E-state index in [4.69, 9.17) is 0 Å². The number of aryl methyl sites for hydroxylation is 1. The normalized spacial score (nSPS) is 13.5. The first kappa shape index (κ1) is 14.5. The lowest BCUT2D eigenvalue weighted by Gasteiger charge is -2.13. The van der Waals surface area contributed by atoms with Crippen LogP contribution in [0, 0.1) is 12.7 Å². The summed E-state index contributed by atoms with van der Waals surface area (Å²) in [6.45, 7) is 3.07. The molecule has 0 radical (unpaired) electrons. The third-order valence-corrected chi connectivity index (χ3v) is 3.98. The predicted octanol–water partition coefficient (Wildman–Crippen LogP) is 2.20. The number of carbonyl (C=O) groups is 1. The van der Waals surface area contributed by atoms with Crippen molar-refractivity contribution in [3.63, 3.8) is 0 Å². The van der Waals surface area contributed by atoms with Crippen LogP contribution in [0.3, 0.4) is 0 Å². The molecule has 1 aliphatic heterocycles. The van der Waals surface area contributed by atoms with E-state index in [-0.39, 0.29) is 11.7 Å². The number of halogens is 1. The molecular weight excluding hydrogens is 309 g/mol. The zero-order valence-corrected chi connectivity index (χ0v) is 13.0. The van der Waals surface area contributed by atoms with Gasteiger partial charge in [-0.3, -0.25) is 9.48 Å². The summed E-state index contributed by atoms with van der Waals surface area (Å²) in [6, 6.07) is 7.95. The Hall–Kier alpha value is -3.09. The molecule has 1 amide bonds. The number of hydrogen-bond donors (Lipinski definition) is 1. The smallest absolute Gasteiger partial charge is 0.269 e. The maximum Gasteiger partial charge on any atom is 0.269 e. The fourth-order valence-corrected chi connectivity index (χ4v) is 2.73. The standard InChI is InChI=1S/C17H14FN5O/c1-10-2-3-11(18)8-12(10)16-19-5-4-13(21-16)14-9-15-17(24)20-6-7-23(15)22-14/h2-5,8-9H,6-7H2,1H3,(H,20,24). The minimum absolute atomic E-state index is 0.143. The lowest BCUT2D eigenvalue weighted by atomic mass is 10.1. The molecule has 3 aromatic rings. The van der Waals surface area contributed by atoms with Crippen molar-refractivity contribution in [2.24, 2.45) is 0 Å². The average molecular weight is 323 g/mol. The van der Waals surface area contributed by atoms with E-state index in [1.807, 2.05) is 6.92 Å². The molecule has 120 valence electrons. The van der Waals surface area contributed by atoms with Crippen LogP contribution in [0.2, 0.25) is 0 Å². The van der Waals surface area contributed by atoms with E-state index < -0.39 is 0 Å².